The molecule has 1 fully saturated rings. The van der Waals surface area contributed by atoms with E-state index in [4.69, 9.17) is 4.74 Å². The molecule has 2 rings (SSSR count). The average molecular weight is 290 g/mol. The van der Waals surface area contributed by atoms with Crippen LogP contribution in [0.3, 0.4) is 0 Å². The third kappa shape index (κ3) is 3.83. The van der Waals surface area contributed by atoms with E-state index in [0.29, 0.717) is 13.2 Å². The lowest BCUT2D eigenvalue weighted by Crippen LogP contribution is -2.34. The van der Waals surface area contributed by atoms with Gasteiger partial charge in [-0.25, -0.2) is 0 Å². The number of benzene rings is 1. The van der Waals surface area contributed by atoms with Crippen LogP contribution in [0.4, 0.5) is 0 Å². The van der Waals surface area contributed by atoms with Gasteiger partial charge in [0.05, 0.1) is 18.8 Å². The van der Waals surface area contributed by atoms with E-state index in [0.717, 1.165) is 12.0 Å². The molecule has 4 heteroatoms. The second-order valence-corrected chi connectivity index (χ2v) is 5.90. The molecule has 1 aliphatic heterocycles. The van der Waals surface area contributed by atoms with Crippen LogP contribution in [0.25, 0.3) is 0 Å². The highest BCUT2D eigenvalue weighted by Gasteiger charge is 2.38. The molecule has 0 spiro atoms. The molecule has 2 unspecified atom stereocenters. The second kappa shape index (κ2) is 7.05. The molecule has 0 saturated carbocycles. The zero-order valence-corrected chi connectivity index (χ0v) is 13.4. The normalized spacial score (nSPS) is 22.3. The highest BCUT2D eigenvalue weighted by molar-refractivity contribution is 5.84. The Kier molecular flexibility index (Phi) is 5.37. The van der Waals surface area contributed by atoms with E-state index in [1.54, 1.807) is 0 Å². The van der Waals surface area contributed by atoms with Gasteiger partial charge in [0.2, 0.25) is 5.91 Å². The Morgan fingerprint density at radius 3 is 2.76 bits per heavy atom. The first kappa shape index (κ1) is 16.0. The molecule has 1 amide bonds. The number of hydrogen-bond acceptors (Lipinski definition) is 3. The van der Waals surface area contributed by atoms with E-state index in [2.05, 4.69) is 30.4 Å². The van der Waals surface area contributed by atoms with Gasteiger partial charge in [0.25, 0.3) is 0 Å². The zero-order valence-electron chi connectivity index (χ0n) is 13.4. The molecule has 0 aliphatic carbocycles. The van der Waals surface area contributed by atoms with Crippen molar-refractivity contribution < 1.29 is 9.53 Å². The quantitative estimate of drug-likeness (QED) is 0.875. The molecule has 1 aliphatic rings. The van der Waals surface area contributed by atoms with Gasteiger partial charge in [0, 0.05) is 6.54 Å². The van der Waals surface area contributed by atoms with Crippen molar-refractivity contribution >= 4 is 5.91 Å². The number of carbonyl (C=O) groups excluding carboxylic acids is 1. The van der Waals surface area contributed by atoms with Crippen molar-refractivity contribution in [2.75, 3.05) is 13.2 Å². The van der Waals surface area contributed by atoms with Crippen molar-refractivity contribution in [2.24, 2.45) is 0 Å². The number of carbonyl (C=O) groups is 1. The second-order valence-electron chi connectivity index (χ2n) is 5.90. The van der Waals surface area contributed by atoms with Crippen LogP contribution in [0, 0.1) is 6.92 Å². The lowest BCUT2D eigenvalue weighted by Gasteiger charge is -2.25. The fraction of sp³-hybridized carbons (Fsp3) is 0.588. The summed E-state index contributed by atoms with van der Waals surface area (Å²) >= 11 is 0. The van der Waals surface area contributed by atoms with E-state index < -0.39 is 0 Å². The van der Waals surface area contributed by atoms with E-state index in [1.165, 1.54) is 5.56 Å². The molecule has 1 N–H and O–H groups in total. The van der Waals surface area contributed by atoms with Crippen molar-refractivity contribution in [1.29, 1.82) is 0 Å². The smallest absolute Gasteiger partial charge is 0.241 e. The number of nitrogens with one attached hydrogen (secondary N) is 1. The van der Waals surface area contributed by atoms with Crippen molar-refractivity contribution in [2.45, 2.75) is 52.4 Å². The van der Waals surface area contributed by atoms with Crippen molar-refractivity contribution in [3.63, 3.8) is 0 Å². The summed E-state index contributed by atoms with van der Waals surface area (Å²) < 4.78 is 5.61. The standard InChI is InChI=1S/C17H26N2O2/c1-5-15-17(20)19(9-10-21-12(2)3)16(18-15)14-8-6-7-13(4)11-14/h6-8,11-12,15-16,18H,5,9-10H2,1-4H3. The molecule has 1 aromatic rings. The van der Waals surface area contributed by atoms with Gasteiger partial charge < -0.3 is 9.64 Å². The SMILES string of the molecule is CCC1NC(c2cccc(C)c2)N(CCOC(C)C)C1=O. The minimum atomic E-state index is -0.0884. The minimum absolute atomic E-state index is 0.0434. The van der Waals surface area contributed by atoms with Gasteiger partial charge in [0.1, 0.15) is 6.17 Å². The van der Waals surface area contributed by atoms with Crippen molar-refractivity contribution in [3.8, 4) is 0 Å². The maximum absolute atomic E-state index is 12.5. The third-order valence-corrected chi connectivity index (χ3v) is 3.80. The summed E-state index contributed by atoms with van der Waals surface area (Å²) in [5.41, 5.74) is 2.35. The number of hydrogen-bond donors (Lipinski definition) is 1. The molecule has 0 bridgehead atoms. The number of amides is 1. The summed E-state index contributed by atoms with van der Waals surface area (Å²) in [6.07, 6.45) is 0.955. The van der Waals surface area contributed by atoms with Crippen LogP contribution in [-0.4, -0.2) is 36.1 Å². The Bertz CT molecular complexity index is 487. The van der Waals surface area contributed by atoms with Crippen LogP contribution in [-0.2, 0) is 9.53 Å². The number of nitrogens with zero attached hydrogens (tertiary/aromatic N) is 1. The van der Waals surface area contributed by atoms with Crippen LogP contribution in [0.15, 0.2) is 24.3 Å². The van der Waals surface area contributed by atoms with Gasteiger partial charge in [-0.15, -0.1) is 0 Å². The molecule has 116 valence electrons. The maximum Gasteiger partial charge on any atom is 0.241 e. The highest BCUT2D eigenvalue weighted by Crippen LogP contribution is 2.26. The van der Waals surface area contributed by atoms with Gasteiger partial charge in [0.15, 0.2) is 0 Å². The predicted molar refractivity (Wildman–Crippen MR) is 83.9 cm³/mol. The molecular weight excluding hydrogens is 264 g/mol. The van der Waals surface area contributed by atoms with E-state index >= 15 is 0 Å². The Morgan fingerprint density at radius 2 is 2.14 bits per heavy atom. The highest BCUT2D eigenvalue weighted by atomic mass is 16.5. The Morgan fingerprint density at radius 1 is 1.38 bits per heavy atom. The number of ether oxygens (including phenoxy) is 1. The van der Waals surface area contributed by atoms with Gasteiger partial charge in [-0.1, -0.05) is 36.8 Å². The Balaban J connectivity index is 2.14. The average Bonchev–Trinajstić information content (AvgIpc) is 2.75. The van der Waals surface area contributed by atoms with Crippen LogP contribution >= 0.6 is 0 Å². The Labute approximate surface area is 127 Å². The van der Waals surface area contributed by atoms with E-state index in [1.807, 2.05) is 31.7 Å². The molecule has 0 radical (unpaired) electrons. The largest absolute Gasteiger partial charge is 0.377 e. The molecule has 21 heavy (non-hydrogen) atoms. The summed E-state index contributed by atoms with van der Waals surface area (Å²) in [6, 6.07) is 8.24. The van der Waals surface area contributed by atoms with Crippen LogP contribution < -0.4 is 5.32 Å². The lowest BCUT2D eigenvalue weighted by molar-refractivity contribution is -0.131. The summed E-state index contributed by atoms with van der Waals surface area (Å²) in [5, 5.41) is 3.44. The first-order valence-corrected chi connectivity index (χ1v) is 7.77. The third-order valence-electron chi connectivity index (χ3n) is 3.80. The monoisotopic (exact) mass is 290 g/mol. The topological polar surface area (TPSA) is 41.6 Å². The Hall–Kier alpha value is -1.39. The van der Waals surface area contributed by atoms with E-state index in [9.17, 15) is 4.79 Å². The molecule has 1 saturated heterocycles. The molecule has 1 aromatic carbocycles. The fourth-order valence-electron chi connectivity index (χ4n) is 2.71. The van der Waals surface area contributed by atoms with Gasteiger partial charge in [-0.3, -0.25) is 10.1 Å². The van der Waals surface area contributed by atoms with E-state index in [-0.39, 0.29) is 24.2 Å². The molecular formula is C17H26N2O2. The van der Waals surface area contributed by atoms with Crippen LogP contribution in [0.5, 0.6) is 0 Å². The number of rotatable bonds is 6. The van der Waals surface area contributed by atoms with Crippen molar-refractivity contribution in [3.05, 3.63) is 35.4 Å². The van der Waals surface area contributed by atoms with Gasteiger partial charge in [-0.2, -0.15) is 0 Å². The van der Waals surface area contributed by atoms with Gasteiger partial charge >= 0.3 is 0 Å². The number of aryl methyl sites for hydroxylation is 1. The van der Waals surface area contributed by atoms with Crippen LogP contribution in [0.1, 0.15) is 44.5 Å². The fourth-order valence-corrected chi connectivity index (χ4v) is 2.71. The summed E-state index contributed by atoms with van der Waals surface area (Å²) in [7, 11) is 0. The maximum atomic E-state index is 12.5. The first-order chi connectivity index (χ1) is 10.0. The zero-order chi connectivity index (χ0) is 15.4. The minimum Gasteiger partial charge on any atom is -0.377 e. The summed E-state index contributed by atoms with van der Waals surface area (Å²) in [5.74, 6) is 0.177. The summed E-state index contributed by atoms with van der Waals surface area (Å²) in [6.45, 7) is 9.33. The van der Waals surface area contributed by atoms with Crippen molar-refractivity contribution in [1.82, 2.24) is 10.2 Å². The molecule has 0 aromatic heterocycles. The molecule has 1 heterocycles. The lowest BCUT2D eigenvalue weighted by atomic mass is 10.1. The molecule has 4 nitrogen and oxygen atoms in total. The molecule has 2 atom stereocenters. The van der Waals surface area contributed by atoms with Crippen LogP contribution in [0.2, 0.25) is 0 Å². The van der Waals surface area contributed by atoms with Gasteiger partial charge in [-0.05, 0) is 32.8 Å². The predicted octanol–water partition coefficient (Wildman–Crippen LogP) is 2.63. The first-order valence-electron chi connectivity index (χ1n) is 7.77. The summed E-state index contributed by atoms with van der Waals surface area (Å²) in [4.78, 5) is 14.4.